The van der Waals surface area contributed by atoms with E-state index in [1.807, 2.05) is 36.1 Å². The van der Waals surface area contributed by atoms with Gasteiger partial charge in [-0.15, -0.1) is 11.3 Å². The van der Waals surface area contributed by atoms with Gasteiger partial charge in [0, 0.05) is 44.0 Å². The van der Waals surface area contributed by atoms with Crippen LogP contribution in [-0.4, -0.2) is 54.3 Å². The van der Waals surface area contributed by atoms with Crippen molar-refractivity contribution in [3.8, 4) is 6.07 Å². The van der Waals surface area contributed by atoms with Crippen LogP contribution >= 0.6 is 11.3 Å². The topological polar surface area (TPSA) is 76.4 Å². The summed E-state index contributed by atoms with van der Waals surface area (Å²) in [6.07, 6.45) is 3.89. The average molecular weight is 437 g/mol. The Hall–Kier alpha value is -2.69. The van der Waals surface area contributed by atoms with Gasteiger partial charge in [-0.05, 0) is 42.9 Å². The minimum atomic E-state index is -0.0468. The molecule has 0 bridgehead atoms. The summed E-state index contributed by atoms with van der Waals surface area (Å²) in [5.74, 6) is 0.121. The van der Waals surface area contributed by atoms with Gasteiger partial charge in [0.05, 0.1) is 12.0 Å². The van der Waals surface area contributed by atoms with E-state index in [9.17, 15) is 14.9 Å². The van der Waals surface area contributed by atoms with Gasteiger partial charge >= 0.3 is 0 Å². The molecule has 2 aliphatic rings. The highest BCUT2D eigenvalue weighted by atomic mass is 32.1. The Labute approximate surface area is 187 Å². The van der Waals surface area contributed by atoms with Crippen LogP contribution in [0.15, 0.2) is 24.3 Å². The van der Waals surface area contributed by atoms with Gasteiger partial charge in [0.15, 0.2) is 0 Å². The van der Waals surface area contributed by atoms with Gasteiger partial charge in [0.25, 0.3) is 0 Å². The maximum Gasteiger partial charge on any atom is 0.227 e. The molecule has 1 aliphatic heterocycles. The molecule has 0 radical (unpaired) electrons. The number of nitriles is 1. The molecular weight excluding hydrogens is 408 g/mol. The van der Waals surface area contributed by atoms with Crippen molar-refractivity contribution in [1.82, 2.24) is 9.80 Å². The average Bonchev–Trinajstić information content (AvgIpc) is 3.35. The van der Waals surface area contributed by atoms with E-state index in [0.717, 1.165) is 49.0 Å². The van der Waals surface area contributed by atoms with Gasteiger partial charge in [-0.1, -0.05) is 24.3 Å². The van der Waals surface area contributed by atoms with Gasteiger partial charge in [-0.25, -0.2) is 0 Å². The number of hydrogen-bond acceptors (Lipinski definition) is 5. The van der Waals surface area contributed by atoms with Crippen molar-refractivity contribution in [2.75, 3.05) is 38.0 Å². The Kier molecular flexibility index (Phi) is 6.69. The molecule has 1 aromatic heterocycles. The number of rotatable bonds is 6. The molecule has 0 saturated carbocycles. The molecule has 1 aliphatic carbocycles. The third kappa shape index (κ3) is 4.97. The van der Waals surface area contributed by atoms with Crippen LogP contribution in [0.3, 0.4) is 0 Å². The summed E-state index contributed by atoms with van der Waals surface area (Å²) in [5.41, 5.74) is 4.03. The highest BCUT2D eigenvalue weighted by molar-refractivity contribution is 7.16. The van der Waals surface area contributed by atoms with E-state index in [-0.39, 0.29) is 11.8 Å². The Balaban J connectivity index is 1.22. The molecule has 6 nitrogen and oxygen atoms in total. The zero-order chi connectivity index (χ0) is 21.8. The number of carbonyl (C=O) groups excluding carboxylic acids is 2. The third-order valence-electron chi connectivity index (χ3n) is 6.27. The van der Waals surface area contributed by atoms with Crippen molar-refractivity contribution in [3.05, 3.63) is 51.4 Å². The molecule has 4 rings (SSSR count). The van der Waals surface area contributed by atoms with Crippen molar-refractivity contribution in [2.45, 2.75) is 39.0 Å². The van der Waals surface area contributed by atoms with E-state index in [0.29, 0.717) is 43.0 Å². The first-order chi connectivity index (χ1) is 15.0. The first-order valence-corrected chi connectivity index (χ1v) is 11.8. The Morgan fingerprint density at radius 2 is 1.94 bits per heavy atom. The van der Waals surface area contributed by atoms with E-state index in [2.05, 4.69) is 16.3 Å². The van der Waals surface area contributed by atoms with E-state index >= 15 is 0 Å². The van der Waals surface area contributed by atoms with Crippen molar-refractivity contribution in [3.63, 3.8) is 0 Å². The molecule has 7 heteroatoms. The Morgan fingerprint density at radius 1 is 1.16 bits per heavy atom. The zero-order valence-corrected chi connectivity index (χ0v) is 18.8. The number of thiophene rings is 1. The van der Waals surface area contributed by atoms with Crippen LogP contribution in [0.5, 0.6) is 0 Å². The lowest BCUT2D eigenvalue weighted by Crippen LogP contribution is -2.49. The molecule has 31 heavy (non-hydrogen) atoms. The van der Waals surface area contributed by atoms with Crippen LogP contribution in [0.2, 0.25) is 0 Å². The van der Waals surface area contributed by atoms with E-state index < -0.39 is 0 Å². The molecule has 2 heterocycles. The maximum atomic E-state index is 12.6. The summed E-state index contributed by atoms with van der Waals surface area (Å²) in [5, 5.41) is 13.1. The summed E-state index contributed by atoms with van der Waals surface area (Å²) in [4.78, 5) is 30.5. The number of benzene rings is 1. The van der Waals surface area contributed by atoms with Crippen LogP contribution < -0.4 is 5.32 Å². The number of nitrogens with one attached hydrogen (secondary N) is 1. The molecule has 1 aromatic carbocycles. The van der Waals surface area contributed by atoms with Crippen molar-refractivity contribution >= 4 is 28.2 Å². The quantitative estimate of drug-likeness (QED) is 0.755. The number of carbonyl (C=O) groups is 2. The molecule has 2 amide bonds. The number of amides is 2. The molecule has 1 N–H and O–H groups in total. The lowest BCUT2D eigenvalue weighted by molar-refractivity contribution is -0.132. The first-order valence-electron chi connectivity index (χ1n) is 10.9. The van der Waals surface area contributed by atoms with Crippen molar-refractivity contribution < 1.29 is 9.59 Å². The fourth-order valence-corrected chi connectivity index (χ4v) is 5.62. The third-order valence-corrected chi connectivity index (χ3v) is 7.48. The number of anilines is 1. The summed E-state index contributed by atoms with van der Waals surface area (Å²) in [7, 11) is 0. The minimum absolute atomic E-state index is 0.0468. The second-order valence-corrected chi connectivity index (χ2v) is 9.40. The molecule has 162 valence electrons. The largest absolute Gasteiger partial charge is 0.340 e. The van der Waals surface area contributed by atoms with Gasteiger partial charge in [-0.2, -0.15) is 5.26 Å². The number of fused-ring (bicyclic) bond motifs is 1. The normalized spacial score (nSPS) is 16.1. The maximum absolute atomic E-state index is 12.6. The monoisotopic (exact) mass is 436 g/mol. The molecule has 1 fully saturated rings. The van der Waals surface area contributed by atoms with Crippen LogP contribution in [0.25, 0.3) is 0 Å². The van der Waals surface area contributed by atoms with Crippen LogP contribution in [0.1, 0.15) is 40.0 Å². The SMILES string of the molecule is Cc1ccccc1CC(=O)N1CCN(CCC(=O)Nc2sc3c(c2C#N)CCC3)CC1. The molecule has 2 aromatic rings. The minimum Gasteiger partial charge on any atom is -0.340 e. The molecule has 1 saturated heterocycles. The predicted octanol–water partition coefficient (Wildman–Crippen LogP) is 3.13. The first kappa shape index (κ1) is 21.5. The summed E-state index contributed by atoms with van der Waals surface area (Å²) in [6.45, 7) is 5.66. The molecule has 0 spiro atoms. The van der Waals surface area contributed by atoms with Gasteiger partial charge in [-0.3, -0.25) is 14.5 Å². The second kappa shape index (κ2) is 9.63. The van der Waals surface area contributed by atoms with E-state index in [1.165, 1.54) is 4.88 Å². The van der Waals surface area contributed by atoms with Crippen LogP contribution in [0, 0.1) is 18.3 Å². The predicted molar refractivity (Wildman–Crippen MR) is 122 cm³/mol. The van der Waals surface area contributed by atoms with Gasteiger partial charge < -0.3 is 10.2 Å². The van der Waals surface area contributed by atoms with E-state index in [1.54, 1.807) is 11.3 Å². The molecule has 0 atom stereocenters. The lowest BCUT2D eigenvalue weighted by atomic mass is 10.1. The number of aryl methyl sites for hydroxylation is 2. The fourth-order valence-electron chi connectivity index (χ4n) is 4.36. The lowest BCUT2D eigenvalue weighted by Gasteiger charge is -2.34. The van der Waals surface area contributed by atoms with Crippen molar-refractivity contribution in [1.29, 1.82) is 5.26 Å². The van der Waals surface area contributed by atoms with E-state index in [4.69, 9.17) is 0 Å². The summed E-state index contributed by atoms with van der Waals surface area (Å²) in [6, 6.07) is 10.3. The standard InChI is InChI=1S/C24H28N4O2S/c1-17-5-2-3-6-18(17)15-23(30)28-13-11-27(12-14-28)10-9-22(29)26-24-20(16-25)19-7-4-8-21(19)31-24/h2-3,5-6H,4,7-15H2,1H3,(H,26,29). The van der Waals surface area contributed by atoms with Gasteiger partial charge in [0.1, 0.15) is 11.1 Å². The molecule has 0 unspecified atom stereocenters. The second-order valence-electron chi connectivity index (χ2n) is 8.30. The van der Waals surface area contributed by atoms with Gasteiger partial charge in [0.2, 0.25) is 11.8 Å². The van der Waals surface area contributed by atoms with Crippen LogP contribution in [0.4, 0.5) is 5.00 Å². The summed E-state index contributed by atoms with van der Waals surface area (Å²) < 4.78 is 0. The van der Waals surface area contributed by atoms with Crippen molar-refractivity contribution in [2.24, 2.45) is 0 Å². The highest BCUT2D eigenvalue weighted by Gasteiger charge is 2.24. The Bertz CT molecular complexity index is 1020. The highest BCUT2D eigenvalue weighted by Crippen LogP contribution is 2.38. The number of nitrogens with zero attached hydrogens (tertiary/aromatic N) is 3. The Morgan fingerprint density at radius 3 is 2.68 bits per heavy atom. The van der Waals surface area contributed by atoms with Crippen LogP contribution in [-0.2, 0) is 28.9 Å². The summed E-state index contributed by atoms with van der Waals surface area (Å²) >= 11 is 1.56. The smallest absolute Gasteiger partial charge is 0.227 e. The number of hydrogen-bond donors (Lipinski definition) is 1. The molecular formula is C24H28N4O2S. The number of piperazine rings is 1. The fraction of sp³-hybridized carbons (Fsp3) is 0.458. The zero-order valence-electron chi connectivity index (χ0n) is 17.9.